The largest absolute Gasteiger partial charge is 0.423 e. The normalized spacial score (nSPS) is 18.8. The van der Waals surface area contributed by atoms with Gasteiger partial charge in [-0.3, -0.25) is 4.79 Å². The molecule has 5 heterocycles. The van der Waals surface area contributed by atoms with Crippen molar-refractivity contribution in [1.29, 1.82) is 0 Å². The number of nitrogens with one attached hydrogen (secondary N) is 1. The fourth-order valence-corrected chi connectivity index (χ4v) is 6.68. The van der Waals surface area contributed by atoms with Crippen LogP contribution in [-0.2, 0) is 15.6 Å². The lowest BCUT2D eigenvalue weighted by Gasteiger charge is -2.31. The summed E-state index contributed by atoms with van der Waals surface area (Å²) in [6, 6.07) is 16.5. The second kappa shape index (κ2) is 10.8. The van der Waals surface area contributed by atoms with Crippen molar-refractivity contribution in [2.45, 2.75) is 41.8 Å². The minimum atomic E-state index is -1.16. The highest BCUT2D eigenvalue weighted by Gasteiger charge is 2.33. The summed E-state index contributed by atoms with van der Waals surface area (Å²) in [5, 5.41) is 22.7. The molecule has 42 heavy (non-hydrogen) atoms. The van der Waals surface area contributed by atoms with E-state index in [2.05, 4.69) is 9.97 Å². The van der Waals surface area contributed by atoms with Crippen LogP contribution in [-0.4, -0.2) is 59.1 Å². The molecular formula is C28H24N5O7PS. The van der Waals surface area contributed by atoms with E-state index in [4.69, 9.17) is 18.4 Å². The number of aliphatic hydroxyl groups excluding tert-OH is 2. The van der Waals surface area contributed by atoms with Gasteiger partial charge < -0.3 is 33.2 Å². The molecule has 0 amide bonds. The smallest absolute Gasteiger partial charge is 0.336 e. The fraction of sp³-hybridized carbons (Fsp3) is 0.214. The molecule has 1 fully saturated rings. The van der Waals surface area contributed by atoms with E-state index in [1.54, 1.807) is 16.8 Å². The number of hydrogen-bond donors (Lipinski definition) is 3. The SMILES string of the molecule is Cc1cc(=O)oc2cc(Sc3nc4c(=O)n5cc(-c6ccccc6)[nH]c5nc4n3CC(O)C3OPOCC3O)ccc12. The van der Waals surface area contributed by atoms with Gasteiger partial charge in [0.2, 0.25) is 5.78 Å². The minimum absolute atomic E-state index is 0.0408. The Balaban J connectivity index is 1.35. The van der Waals surface area contributed by atoms with Crippen molar-refractivity contribution >= 4 is 48.7 Å². The molecule has 7 rings (SSSR count). The lowest BCUT2D eigenvalue weighted by Crippen LogP contribution is -2.44. The molecule has 2 aromatic carbocycles. The maximum Gasteiger partial charge on any atom is 0.336 e. The molecule has 4 unspecified atom stereocenters. The van der Waals surface area contributed by atoms with Crippen LogP contribution in [0.5, 0.6) is 0 Å². The Labute approximate surface area is 242 Å². The topological polar surface area (TPSA) is 157 Å². The monoisotopic (exact) mass is 605 g/mol. The van der Waals surface area contributed by atoms with Gasteiger partial charge in [0.25, 0.3) is 5.56 Å². The molecule has 214 valence electrons. The summed E-state index contributed by atoms with van der Waals surface area (Å²) >= 11 is 1.23. The van der Waals surface area contributed by atoms with E-state index in [-0.39, 0.29) is 38.9 Å². The lowest BCUT2D eigenvalue weighted by atomic mass is 10.1. The number of benzene rings is 2. The Bertz CT molecular complexity index is 2070. The van der Waals surface area contributed by atoms with Crippen LogP contribution in [0.25, 0.3) is 39.2 Å². The van der Waals surface area contributed by atoms with Crippen LogP contribution in [0.15, 0.2) is 84.9 Å². The fourth-order valence-electron chi connectivity index (χ4n) is 5.02. The third-order valence-electron chi connectivity index (χ3n) is 7.11. The Morgan fingerprint density at radius 3 is 2.81 bits per heavy atom. The highest BCUT2D eigenvalue weighted by Crippen LogP contribution is 2.33. The van der Waals surface area contributed by atoms with Crippen LogP contribution in [0.3, 0.4) is 0 Å². The number of hydrogen-bond acceptors (Lipinski definition) is 10. The summed E-state index contributed by atoms with van der Waals surface area (Å²) in [6.45, 7) is 1.81. The molecule has 0 aliphatic carbocycles. The molecule has 6 aromatic rings. The van der Waals surface area contributed by atoms with E-state index in [1.807, 2.05) is 49.4 Å². The molecule has 1 saturated heterocycles. The number of aromatic amines is 1. The highest BCUT2D eigenvalue weighted by atomic mass is 32.2. The number of aliphatic hydroxyl groups is 2. The zero-order valence-corrected chi connectivity index (χ0v) is 23.9. The number of aromatic nitrogens is 5. The standard InChI is InChI=1S/C28H24N5O7PS/c1-14-9-22(36)39-21-10-16(7-8-17(14)21)42-28-30-23-25(32(28)12-19(34)24-20(35)13-38-41-40-24)31-27-29-18(11-33(27)26(23)37)15-5-3-2-4-6-15/h2-11,19-20,24,34-35,41H,12-13H2,1H3,(H,29,31). The van der Waals surface area contributed by atoms with Gasteiger partial charge in [-0.15, -0.1) is 0 Å². The Hall–Kier alpha value is -3.84. The summed E-state index contributed by atoms with van der Waals surface area (Å²) < 4.78 is 19.1. The van der Waals surface area contributed by atoms with Gasteiger partial charge in [-0.25, -0.2) is 14.2 Å². The first-order valence-electron chi connectivity index (χ1n) is 13.0. The van der Waals surface area contributed by atoms with Crippen molar-refractivity contribution in [3.63, 3.8) is 0 Å². The van der Waals surface area contributed by atoms with E-state index >= 15 is 0 Å². The van der Waals surface area contributed by atoms with Crippen molar-refractivity contribution in [2.75, 3.05) is 6.61 Å². The maximum absolute atomic E-state index is 13.7. The molecule has 3 N–H and O–H groups in total. The number of rotatable bonds is 6. The zero-order chi connectivity index (χ0) is 29.0. The number of nitrogens with zero attached hydrogens (tertiary/aromatic N) is 4. The molecule has 1 aliphatic rings. The molecular weight excluding hydrogens is 581 g/mol. The summed E-state index contributed by atoms with van der Waals surface area (Å²) in [4.78, 5) is 38.9. The van der Waals surface area contributed by atoms with E-state index in [0.29, 0.717) is 27.1 Å². The number of H-pyrrole nitrogens is 1. The van der Waals surface area contributed by atoms with Crippen molar-refractivity contribution in [2.24, 2.45) is 0 Å². The average molecular weight is 606 g/mol. The molecule has 0 saturated carbocycles. The average Bonchev–Trinajstić information content (AvgIpc) is 3.56. The van der Waals surface area contributed by atoms with Crippen molar-refractivity contribution in [3.05, 3.63) is 87.1 Å². The predicted molar refractivity (Wildman–Crippen MR) is 157 cm³/mol. The molecule has 0 spiro atoms. The molecule has 0 radical (unpaired) electrons. The van der Waals surface area contributed by atoms with E-state index in [9.17, 15) is 19.8 Å². The second-order valence-electron chi connectivity index (χ2n) is 9.94. The van der Waals surface area contributed by atoms with Crippen LogP contribution in [0.1, 0.15) is 5.56 Å². The van der Waals surface area contributed by atoms with Crippen molar-refractivity contribution in [3.8, 4) is 11.3 Å². The molecule has 4 atom stereocenters. The van der Waals surface area contributed by atoms with Crippen molar-refractivity contribution in [1.82, 2.24) is 23.9 Å². The van der Waals surface area contributed by atoms with Gasteiger partial charge in [-0.2, -0.15) is 4.98 Å². The first kappa shape index (κ1) is 27.0. The Morgan fingerprint density at radius 2 is 2.00 bits per heavy atom. The van der Waals surface area contributed by atoms with E-state index in [0.717, 1.165) is 16.5 Å². The molecule has 1 aliphatic heterocycles. The third kappa shape index (κ3) is 4.83. The first-order chi connectivity index (χ1) is 20.4. The van der Waals surface area contributed by atoms with Crippen LogP contribution in [0, 0.1) is 6.92 Å². The van der Waals surface area contributed by atoms with Gasteiger partial charge >= 0.3 is 5.63 Å². The minimum Gasteiger partial charge on any atom is -0.423 e. The van der Waals surface area contributed by atoms with Crippen LogP contribution < -0.4 is 11.2 Å². The maximum atomic E-state index is 13.7. The second-order valence-corrected chi connectivity index (χ2v) is 11.7. The zero-order valence-electron chi connectivity index (χ0n) is 22.1. The molecule has 4 aromatic heterocycles. The number of aryl methyl sites for hydroxylation is 1. The van der Waals surface area contributed by atoms with Gasteiger partial charge in [0.15, 0.2) is 25.4 Å². The van der Waals surface area contributed by atoms with Gasteiger partial charge in [-0.05, 0) is 36.2 Å². The van der Waals surface area contributed by atoms with Crippen LogP contribution in [0.4, 0.5) is 0 Å². The van der Waals surface area contributed by atoms with Gasteiger partial charge in [0.05, 0.1) is 18.8 Å². The molecule has 12 nitrogen and oxygen atoms in total. The van der Waals surface area contributed by atoms with Gasteiger partial charge in [-0.1, -0.05) is 42.1 Å². The summed E-state index contributed by atoms with van der Waals surface area (Å²) in [5.74, 6) is 0.310. The predicted octanol–water partition coefficient (Wildman–Crippen LogP) is 3.25. The Kier molecular flexibility index (Phi) is 6.93. The number of fused-ring (bicyclic) bond motifs is 3. The first-order valence-corrected chi connectivity index (χ1v) is 14.7. The highest BCUT2D eigenvalue weighted by molar-refractivity contribution is 7.99. The van der Waals surface area contributed by atoms with E-state index in [1.165, 1.54) is 22.2 Å². The van der Waals surface area contributed by atoms with Gasteiger partial charge in [0.1, 0.15) is 23.9 Å². The summed E-state index contributed by atoms with van der Waals surface area (Å²) in [6.07, 6.45) is -1.40. The Morgan fingerprint density at radius 1 is 1.17 bits per heavy atom. The van der Waals surface area contributed by atoms with Crippen LogP contribution >= 0.6 is 20.8 Å². The molecule has 14 heteroatoms. The van der Waals surface area contributed by atoms with E-state index < -0.39 is 23.9 Å². The molecule has 0 bridgehead atoms. The van der Waals surface area contributed by atoms with Gasteiger partial charge in [0, 0.05) is 22.5 Å². The lowest BCUT2D eigenvalue weighted by molar-refractivity contribution is -0.0824. The summed E-state index contributed by atoms with van der Waals surface area (Å²) in [7, 11) is -0.313. The summed E-state index contributed by atoms with van der Waals surface area (Å²) in [5.41, 5.74) is 2.36. The number of imidazole rings is 2. The third-order valence-corrected chi connectivity index (χ3v) is 8.75. The quantitative estimate of drug-likeness (QED) is 0.190. The van der Waals surface area contributed by atoms with Crippen LogP contribution in [0.2, 0.25) is 0 Å². The van der Waals surface area contributed by atoms with Crippen molar-refractivity contribution < 1.29 is 23.7 Å².